The minimum atomic E-state index is -2.98. The minimum Gasteiger partial charge on any atom is -0.495 e. The molecule has 0 amide bonds. The Morgan fingerprint density at radius 2 is 2.11 bits per heavy atom. The molecular weight excluding hydrogens is 368 g/mol. The van der Waals surface area contributed by atoms with Gasteiger partial charge in [-0.1, -0.05) is 12.1 Å². The average molecular weight is 399 g/mol. The zero-order valence-corrected chi connectivity index (χ0v) is 17.1. The topological polar surface area (TPSA) is 92.3 Å². The maximum absolute atomic E-state index is 11.0. The first kappa shape index (κ1) is 21.3. The van der Waals surface area contributed by atoms with Crippen LogP contribution in [0.2, 0.25) is 0 Å². The second-order valence-electron chi connectivity index (χ2n) is 6.49. The van der Waals surface area contributed by atoms with Crippen molar-refractivity contribution in [2.45, 2.75) is 12.5 Å². The summed E-state index contributed by atoms with van der Waals surface area (Å²) in [7, 11) is 0.441. The van der Waals surface area contributed by atoms with Crippen molar-refractivity contribution < 1.29 is 17.9 Å². The highest BCUT2D eigenvalue weighted by Gasteiger charge is 2.25. The SMILES string of the molecule is CN=C(NCCOCCS(C)(=O)=O)NC1CCN(c2ccccc2OC)C1. The van der Waals surface area contributed by atoms with Crippen LogP contribution in [0.4, 0.5) is 5.69 Å². The van der Waals surface area contributed by atoms with E-state index in [1.807, 2.05) is 18.2 Å². The molecule has 0 saturated carbocycles. The summed E-state index contributed by atoms with van der Waals surface area (Å²) in [5.41, 5.74) is 1.10. The quantitative estimate of drug-likeness (QED) is 0.355. The molecule has 27 heavy (non-hydrogen) atoms. The van der Waals surface area contributed by atoms with E-state index in [1.54, 1.807) is 14.2 Å². The average Bonchev–Trinajstić information content (AvgIpc) is 3.11. The fourth-order valence-corrected chi connectivity index (χ4v) is 3.35. The Morgan fingerprint density at radius 3 is 2.81 bits per heavy atom. The van der Waals surface area contributed by atoms with Crippen LogP contribution in [0.5, 0.6) is 5.75 Å². The molecule has 1 aliphatic rings. The molecule has 0 aromatic heterocycles. The number of nitrogens with one attached hydrogen (secondary N) is 2. The van der Waals surface area contributed by atoms with Crippen LogP contribution in [0.15, 0.2) is 29.3 Å². The zero-order chi connectivity index (χ0) is 19.7. The standard InChI is InChI=1S/C18H30N4O4S/c1-19-18(20-9-11-26-12-13-27(3,23)24)21-15-8-10-22(14-15)16-6-4-5-7-17(16)25-2/h4-7,15H,8-14H2,1-3H3,(H2,19,20,21). The molecule has 1 heterocycles. The van der Waals surface area contributed by atoms with Crippen LogP contribution < -0.4 is 20.3 Å². The molecule has 0 radical (unpaired) electrons. The number of aliphatic imine (C=N–C) groups is 1. The molecule has 0 aliphatic carbocycles. The van der Waals surface area contributed by atoms with Crippen molar-refractivity contribution in [2.75, 3.05) is 63.9 Å². The van der Waals surface area contributed by atoms with Crippen LogP contribution in [-0.4, -0.2) is 79.4 Å². The number of benzene rings is 1. The third-order valence-corrected chi connectivity index (χ3v) is 5.22. The molecule has 1 aromatic rings. The van der Waals surface area contributed by atoms with Crippen LogP contribution in [0, 0.1) is 0 Å². The Bertz CT molecular complexity index is 724. The number of anilines is 1. The van der Waals surface area contributed by atoms with E-state index in [-0.39, 0.29) is 18.4 Å². The fraction of sp³-hybridized carbons (Fsp3) is 0.611. The lowest BCUT2D eigenvalue weighted by atomic mass is 10.2. The molecule has 0 bridgehead atoms. The van der Waals surface area contributed by atoms with Gasteiger partial charge in [-0.25, -0.2) is 8.42 Å². The number of nitrogens with zero attached hydrogens (tertiary/aromatic N) is 2. The summed E-state index contributed by atoms with van der Waals surface area (Å²) in [5.74, 6) is 1.64. The summed E-state index contributed by atoms with van der Waals surface area (Å²) in [4.78, 5) is 6.54. The van der Waals surface area contributed by atoms with Gasteiger partial charge in [0.25, 0.3) is 0 Å². The number of hydrogen-bond donors (Lipinski definition) is 2. The van der Waals surface area contributed by atoms with Crippen molar-refractivity contribution >= 4 is 21.5 Å². The Hall–Kier alpha value is -2.00. The second-order valence-corrected chi connectivity index (χ2v) is 8.75. The van der Waals surface area contributed by atoms with Crippen molar-refractivity contribution in [1.82, 2.24) is 10.6 Å². The number of methoxy groups -OCH3 is 1. The molecule has 8 nitrogen and oxygen atoms in total. The van der Waals surface area contributed by atoms with Gasteiger partial charge in [-0.2, -0.15) is 0 Å². The van der Waals surface area contributed by atoms with E-state index < -0.39 is 9.84 Å². The van der Waals surface area contributed by atoms with Crippen LogP contribution in [0.25, 0.3) is 0 Å². The molecule has 2 N–H and O–H groups in total. The zero-order valence-electron chi connectivity index (χ0n) is 16.3. The van der Waals surface area contributed by atoms with E-state index >= 15 is 0 Å². The van der Waals surface area contributed by atoms with Gasteiger partial charge in [0.2, 0.25) is 0 Å². The summed E-state index contributed by atoms with van der Waals surface area (Å²) in [6, 6.07) is 8.32. The Kier molecular flexibility index (Phi) is 8.18. The molecule has 1 unspecified atom stereocenters. The molecule has 1 fully saturated rings. The van der Waals surface area contributed by atoms with Gasteiger partial charge in [0.05, 0.1) is 31.8 Å². The molecule has 1 aromatic carbocycles. The van der Waals surface area contributed by atoms with Crippen molar-refractivity contribution in [3.05, 3.63) is 24.3 Å². The van der Waals surface area contributed by atoms with Gasteiger partial charge in [0, 0.05) is 39.0 Å². The van der Waals surface area contributed by atoms with Crippen LogP contribution >= 0.6 is 0 Å². The van der Waals surface area contributed by atoms with E-state index in [1.165, 1.54) is 6.26 Å². The number of guanidine groups is 1. The third kappa shape index (κ3) is 7.26. The highest BCUT2D eigenvalue weighted by molar-refractivity contribution is 7.90. The largest absolute Gasteiger partial charge is 0.495 e. The normalized spacial score (nSPS) is 17.8. The van der Waals surface area contributed by atoms with Gasteiger partial charge >= 0.3 is 0 Å². The summed E-state index contributed by atoms with van der Waals surface area (Å²) >= 11 is 0. The van der Waals surface area contributed by atoms with E-state index in [0.717, 1.165) is 30.9 Å². The van der Waals surface area contributed by atoms with Crippen LogP contribution in [0.3, 0.4) is 0 Å². The highest BCUT2D eigenvalue weighted by Crippen LogP contribution is 2.30. The molecular formula is C18H30N4O4S. The maximum Gasteiger partial charge on any atom is 0.191 e. The van der Waals surface area contributed by atoms with Gasteiger partial charge < -0.3 is 25.0 Å². The lowest BCUT2D eigenvalue weighted by Crippen LogP contribution is -2.45. The number of sulfone groups is 1. The van der Waals surface area contributed by atoms with Crippen molar-refractivity contribution in [1.29, 1.82) is 0 Å². The second kappa shape index (κ2) is 10.4. The number of para-hydroxylation sites is 2. The summed E-state index contributed by atoms with van der Waals surface area (Å²) in [5, 5.41) is 6.62. The highest BCUT2D eigenvalue weighted by atomic mass is 32.2. The van der Waals surface area contributed by atoms with Crippen molar-refractivity contribution in [3.63, 3.8) is 0 Å². The molecule has 1 aliphatic heterocycles. The van der Waals surface area contributed by atoms with E-state index in [4.69, 9.17) is 9.47 Å². The Morgan fingerprint density at radius 1 is 1.33 bits per heavy atom. The van der Waals surface area contributed by atoms with Crippen LogP contribution in [0.1, 0.15) is 6.42 Å². The Balaban J connectivity index is 1.72. The molecule has 9 heteroatoms. The Labute approximate surface area is 161 Å². The molecule has 1 saturated heterocycles. The predicted molar refractivity (Wildman–Crippen MR) is 109 cm³/mol. The molecule has 0 spiro atoms. The predicted octanol–water partition coefficient (Wildman–Crippen LogP) is 0.500. The molecule has 1 atom stereocenters. The third-order valence-electron chi connectivity index (χ3n) is 4.32. The van der Waals surface area contributed by atoms with Gasteiger partial charge in [-0.05, 0) is 18.6 Å². The summed E-state index contributed by atoms with van der Waals surface area (Å²) < 4.78 is 32.9. The first-order valence-corrected chi connectivity index (χ1v) is 11.1. The number of hydrogen-bond acceptors (Lipinski definition) is 6. The van der Waals surface area contributed by atoms with Gasteiger partial charge in [0.15, 0.2) is 5.96 Å². The van der Waals surface area contributed by atoms with Crippen molar-refractivity contribution in [2.24, 2.45) is 4.99 Å². The first-order chi connectivity index (χ1) is 12.9. The van der Waals surface area contributed by atoms with Gasteiger partial charge in [-0.15, -0.1) is 0 Å². The smallest absolute Gasteiger partial charge is 0.191 e. The first-order valence-electron chi connectivity index (χ1n) is 9.03. The van der Waals surface area contributed by atoms with Gasteiger partial charge in [-0.3, -0.25) is 4.99 Å². The summed E-state index contributed by atoms with van der Waals surface area (Å²) in [6.07, 6.45) is 2.21. The molecule has 152 valence electrons. The van der Waals surface area contributed by atoms with E-state index in [9.17, 15) is 8.42 Å². The fourth-order valence-electron chi connectivity index (χ4n) is 2.93. The van der Waals surface area contributed by atoms with E-state index in [0.29, 0.717) is 19.1 Å². The monoisotopic (exact) mass is 398 g/mol. The number of rotatable bonds is 9. The lowest BCUT2D eigenvalue weighted by Gasteiger charge is -2.22. The van der Waals surface area contributed by atoms with Crippen molar-refractivity contribution in [3.8, 4) is 5.75 Å². The summed E-state index contributed by atoms with van der Waals surface area (Å²) in [6.45, 7) is 3.01. The van der Waals surface area contributed by atoms with Gasteiger partial charge in [0.1, 0.15) is 15.6 Å². The van der Waals surface area contributed by atoms with Crippen LogP contribution in [-0.2, 0) is 14.6 Å². The number of ether oxygens (including phenoxy) is 2. The lowest BCUT2D eigenvalue weighted by molar-refractivity contribution is 0.154. The minimum absolute atomic E-state index is 0.0425. The van der Waals surface area contributed by atoms with E-state index in [2.05, 4.69) is 26.6 Å². The maximum atomic E-state index is 11.0. The molecule has 2 rings (SSSR count).